The van der Waals surface area contributed by atoms with Crippen LogP contribution in [0.25, 0.3) is 0 Å². The zero-order valence-corrected chi connectivity index (χ0v) is 16.5. The molecule has 0 aliphatic carbocycles. The Morgan fingerprint density at radius 1 is 0.931 bits per heavy atom. The molecule has 0 fully saturated rings. The van der Waals surface area contributed by atoms with E-state index < -0.39 is 11.7 Å². The summed E-state index contributed by atoms with van der Waals surface area (Å²) >= 11 is 0. The molecule has 3 amide bonds. The van der Waals surface area contributed by atoms with E-state index in [4.69, 9.17) is 0 Å². The highest BCUT2D eigenvalue weighted by atomic mass is 19.1. The van der Waals surface area contributed by atoms with E-state index in [9.17, 15) is 18.8 Å². The lowest BCUT2D eigenvalue weighted by molar-refractivity contribution is -0.121. The Morgan fingerprint density at radius 2 is 1.72 bits per heavy atom. The molecule has 3 N–H and O–H groups in total. The fourth-order valence-electron chi connectivity index (χ4n) is 2.73. The van der Waals surface area contributed by atoms with Crippen molar-refractivity contribution in [3.05, 3.63) is 65.5 Å². The van der Waals surface area contributed by atoms with E-state index in [0.29, 0.717) is 25.2 Å². The van der Waals surface area contributed by atoms with Gasteiger partial charge in [0.05, 0.1) is 0 Å². The summed E-state index contributed by atoms with van der Waals surface area (Å²) in [6.07, 6.45) is 2.90. The number of hydrogen-bond donors (Lipinski definition) is 3. The Morgan fingerprint density at radius 3 is 2.48 bits per heavy atom. The standard InChI is InChI=1S/C22H26FN3O3/c1-16(27)24-12-4-2-3-11-21(28)25-15-17-7-5-10-20(13-17)26-22(29)18-8-6-9-19(23)14-18/h5-10,13-14H,2-4,11-12,15H2,1H3,(H,24,27)(H,25,28)(H,26,29). The van der Waals surface area contributed by atoms with Crippen LogP contribution in [0.5, 0.6) is 0 Å². The number of carbonyl (C=O) groups is 3. The van der Waals surface area contributed by atoms with Gasteiger partial charge in [-0.15, -0.1) is 0 Å². The van der Waals surface area contributed by atoms with Gasteiger partial charge in [0.15, 0.2) is 0 Å². The van der Waals surface area contributed by atoms with Crippen LogP contribution in [0.2, 0.25) is 0 Å². The molecule has 0 bridgehead atoms. The molecule has 0 atom stereocenters. The molecular weight excluding hydrogens is 373 g/mol. The van der Waals surface area contributed by atoms with E-state index in [0.717, 1.165) is 24.8 Å². The van der Waals surface area contributed by atoms with Gasteiger partial charge in [-0.25, -0.2) is 4.39 Å². The van der Waals surface area contributed by atoms with Crippen molar-refractivity contribution in [3.8, 4) is 0 Å². The summed E-state index contributed by atoms with van der Waals surface area (Å²) in [6, 6.07) is 12.6. The van der Waals surface area contributed by atoms with Crippen molar-refractivity contribution >= 4 is 23.4 Å². The van der Waals surface area contributed by atoms with E-state index in [1.807, 2.05) is 6.07 Å². The summed E-state index contributed by atoms with van der Waals surface area (Å²) < 4.78 is 13.3. The third-order valence-corrected chi connectivity index (χ3v) is 4.22. The summed E-state index contributed by atoms with van der Waals surface area (Å²) in [5.74, 6) is -0.954. The maximum Gasteiger partial charge on any atom is 0.255 e. The zero-order valence-electron chi connectivity index (χ0n) is 16.5. The molecule has 6 nitrogen and oxygen atoms in total. The molecule has 2 aromatic rings. The van der Waals surface area contributed by atoms with Gasteiger partial charge in [0, 0.05) is 37.7 Å². The van der Waals surface area contributed by atoms with E-state index in [1.165, 1.54) is 25.1 Å². The van der Waals surface area contributed by atoms with Crippen LogP contribution in [0.3, 0.4) is 0 Å². The van der Waals surface area contributed by atoms with Gasteiger partial charge in [0.1, 0.15) is 5.82 Å². The normalized spacial score (nSPS) is 10.3. The first-order chi connectivity index (χ1) is 13.9. The highest BCUT2D eigenvalue weighted by Crippen LogP contribution is 2.13. The van der Waals surface area contributed by atoms with Crippen LogP contribution >= 0.6 is 0 Å². The first-order valence-electron chi connectivity index (χ1n) is 9.61. The number of benzene rings is 2. The fourth-order valence-corrected chi connectivity index (χ4v) is 2.73. The van der Waals surface area contributed by atoms with Crippen molar-refractivity contribution in [1.82, 2.24) is 10.6 Å². The number of unbranched alkanes of at least 4 members (excludes halogenated alkanes) is 2. The lowest BCUT2D eigenvalue weighted by atomic mass is 10.1. The second-order valence-corrected chi connectivity index (χ2v) is 6.74. The zero-order chi connectivity index (χ0) is 21.1. The topological polar surface area (TPSA) is 87.3 Å². The van der Waals surface area contributed by atoms with Crippen molar-refractivity contribution in [2.75, 3.05) is 11.9 Å². The van der Waals surface area contributed by atoms with Crippen LogP contribution in [0.1, 0.15) is 48.5 Å². The van der Waals surface area contributed by atoms with Gasteiger partial charge in [-0.3, -0.25) is 14.4 Å². The van der Waals surface area contributed by atoms with E-state index in [2.05, 4.69) is 16.0 Å². The number of amides is 3. The minimum Gasteiger partial charge on any atom is -0.356 e. The van der Waals surface area contributed by atoms with Crippen molar-refractivity contribution in [2.24, 2.45) is 0 Å². The van der Waals surface area contributed by atoms with Gasteiger partial charge in [0.25, 0.3) is 5.91 Å². The van der Waals surface area contributed by atoms with Crippen LogP contribution < -0.4 is 16.0 Å². The van der Waals surface area contributed by atoms with Gasteiger partial charge >= 0.3 is 0 Å². The summed E-state index contributed by atoms with van der Waals surface area (Å²) in [4.78, 5) is 34.9. The molecule has 0 aliphatic rings. The highest BCUT2D eigenvalue weighted by molar-refractivity contribution is 6.04. The molecule has 0 aromatic heterocycles. The summed E-state index contributed by atoms with van der Waals surface area (Å²) in [5, 5.41) is 8.31. The van der Waals surface area contributed by atoms with Gasteiger partial charge in [0.2, 0.25) is 11.8 Å². The second kappa shape index (κ2) is 11.6. The van der Waals surface area contributed by atoms with Crippen molar-refractivity contribution in [1.29, 1.82) is 0 Å². The average molecular weight is 399 g/mol. The van der Waals surface area contributed by atoms with Crippen molar-refractivity contribution in [2.45, 2.75) is 39.2 Å². The monoisotopic (exact) mass is 399 g/mol. The Kier molecular flexibility index (Phi) is 8.82. The maximum atomic E-state index is 13.3. The Balaban J connectivity index is 1.74. The van der Waals surface area contributed by atoms with E-state index in [1.54, 1.807) is 24.3 Å². The smallest absolute Gasteiger partial charge is 0.255 e. The molecular formula is C22H26FN3O3. The van der Waals surface area contributed by atoms with E-state index in [-0.39, 0.29) is 17.4 Å². The quantitative estimate of drug-likeness (QED) is 0.535. The van der Waals surface area contributed by atoms with Crippen LogP contribution in [0.15, 0.2) is 48.5 Å². The molecule has 29 heavy (non-hydrogen) atoms. The molecule has 0 spiro atoms. The average Bonchev–Trinajstić information content (AvgIpc) is 2.69. The lowest BCUT2D eigenvalue weighted by Gasteiger charge is -2.09. The van der Waals surface area contributed by atoms with Gasteiger partial charge < -0.3 is 16.0 Å². The third kappa shape index (κ3) is 8.55. The molecule has 2 rings (SSSR count). The minimum absolute atomic E-state index is 0.0428. The molecule has 2 aromatic carbocycles. The molecule has 0 unspecified atom stereocenters. The van der Waals surface area contributed by atoms with Crippen molar-refractivity contribution in [3.63, 3.8) is 0 Å². The lowest BCUT2D eigenvalue weighted by Crippen LogP contribution is -2.23. The van der Waals surface area contributed by atoms with Gasteiger partial charge in [-0.05, 0) is 48.7 Å². The fraction of sp³-hybridized carbons (Fsp3) is 0.318. The third-order valence-electron chi connectivity index (χ3n) is 4.22. The molecule has 7 heteroatoms. The van der Waals surface area contributed by atoms with Crippen LogP contribution in [-0.4, -0.2) is 24.3 Å². The molecule has 0 saturated heterocycles. The highest BCUT2D eigenvalue weighted by Gasteiger charge is 2.08. The molecule has 154 valence electrons. The first kappa shape index (κ1) is 22.1. The number of carbonyl (C=O) groups excluding carboxylic acids is 3. The van der Waals surface area contributed by atoms with Crippen LogP contribution in [0, 0.1) is 5.82 Å². The number of hydrogen-bond acceptors (Lipinski definition) is 3. The number of rotatable bonds is 10. The second-order valence-electron chi connectivity index (χ2n) is 6.74. The summed E-state index contributed by atoms with van der Waals surface area (Å²) in [5.41, 5.74) is 1.66. The van der Waals surface area contributed by atoms with Crippen LogP contribution in [-0.2, 0) is 16.1 Å². The first-order valence-corrected chi connectivity index (χ1v) is 9.61. The molecule has 0 aliphatic heterocycles. The van der Waals surface area contributed by atoms with Gasteiger partial charge in [-0.1, -0.05) is 24.6 Å². The molecule has 0 heterocycles. The Bertz CT molecular complexity index is 855. The van der Waals surface area contributed by atoms with Crippen molar-refractivity contribution < 1.29 is 18.8 Å². The largest absolute Gasteiger partial charge is 0.356 e. The molecule has 0 radical (unpaired) electrons. The number of anilines is 1. The Hall–Kier alpha value is -3.22. The van der Waals surface area contributed by atoms with E-state index >= 15 is 0 Å². The number of nitrogens with one attached hydrogen (secondary N) is 3. The summed E-state index contributed by atoms with van der Waals surface area (Å²) in [6.45, 7) is 2.47. The number of halogens is 1. The Labute approximate surface area is 169 Å². The predicted octanol–water partition coefficient (Wildman–Crippen LogP) is 3.39. The van der Waals surface area contributed by atoms with Gasteiger partial charge in [-0.2, -0.15) is 0 Å². The maximum absolute atomic E-state index is 13.3. The summed E-state index contributed by atoms with van der Waals surface area (Å²) in [7, 11) is 0. The molecule has 0 saturated carbocycles. The van der Waals surface area contributed by atoms with Crippen LogP contribution in [0.4, 0.5) is 10.1 Å². The SMILES string of the molecule is CC(=O)NCCCCCC(=O)NCc1cccc(NC(=O)c2cccc(F)c2)c1. The minimum atomic E-state index is -0.468. The predicted molar refractivity (Wildman–Crippen MR) is 110 cm³/mol.